The van der Waals surface area contributed by atoms with E-state index >= 15 is 0 Å². The van der Waals surface area contributed by atoms with Gasteiger partial charge in [0.2, 0.25) is 0 Å². The lowest BCUT2D eigenvalue weighted by atomic mass is 9.36. The summed E-state index contributed by atoms with van der Waals surface area (Å²) in [6.07, 6.45) is 3.08. The van der Waals surface area contributed by atoms with Crippen molar-refractivity contribution in [2.45, 2.75) is 94.4 Å². The predicted octanol–water partition coefficient (Wildman–Crippen LogP) is 11.3. The maximum atomic E-state index is 4.88. The Hall–Kier alpha value is -2.60. The summed E-state index contributed by atoms with van der Waals surface area (Å²) < 4.78 is 0. The molecular formula is C38H50. The number of allylic oxidation sites excluding steroid dienone is 9. The van der Waals surface area contributed by atoms with Gasteiger partial charge in [0.05, 0.1) is 0 Å². The first-order valence-electron chi connectivity index (χ1n) is 14.4. The minimum atomic E-state index is -0.200. The van der Waals surface area contributed by atoms with Gasteiger partial charge in [0.25, 0.3) is 0 Å². The maximum Gasteiger partial charge on any atom is 0.0197 e. The van der Waals surface area contributed by atoms with Gasteiger partial charge in [-0.3, -0.25) is 0 Å². The van der Waals surface area contributed by atoms with Crippen LogP contribution in [0.5, 0.6) is 0 Å². The number of fused-ring (bicyclic) bond motifs is 3. The molecule has 0 saturated carbocycles. The molecule has 0 amide bonds. The van der Waals surface area contributed by atoms with Gasteiger partial charge < -0.3 is 0 Å². The minimum Gasteiger partial charge on any atom is -0.0999 e. The Bertz CT molecular complexity index is 1380. The molecule has 0 aromatic heterocycles. The van der Waals surface area contributed by atoms with Crippen LogP contribution in [0.4, 0.5) is 0 Å². The zero-order chi connectivity index (χ0) is 28.7. The zero-order valence-electron chi connectivity index (χ0n) is 26.0. The Labute approximate surface area is 233 Å². The fourth-order valence-electron chi connectivity index (χ4n) is 9.25. The largest absolute Gasteiger partial charge is 0.0999 e. The van der Waals surface area contributed by atoms with E-state index in [-0.39, 0.29) is 16.2 Å². The lowest BCUT2D eigenvalue weighted by Gasteiger charge is -2.67. The molecule has 0 bridgehead atoms. The van der Waals surface area contributed by atoms with Crippen molar-refractivity contribution in [3.05, 3.63) is 106 Å². The molecule has 3 aliphatic rings. The maximum absolute atomic E-state index is 4.88. The molecule has 0 fully saturated rings. The van der Waals surface area contributed by atoms with Crippen molar-refractivity contribution in [2.24, 2.45) is 22.2 Å². The van der Waals surface area contributed by atoms with E-state index in [0.29, 0.717) is 11.8 Å². The standard InChI is InChI=1S/C38H50/c1-16-23(6)19-32-36(13)20-24(7)33(22(4)5)28(11)38(36,15)29(12)35-26(9)34-25(8)30(21(2)3)17-18-31(34)27(10)37(32,35)14/h17-18,27,32H,2,4,6,9,11,16,19-20H2,1,3,5,7-8,10,12-15H3/t27-,32+,36+,37-,38-/m1/s1. The van der Waals surface area contributed by atoms with Crippen LogP contribution >= 0.6 is 0 Å². The van der Waals surface area contributed by atoms with Gasteiger partial charge in [0.15, 0.2) is 0 Å². The lowest BCUT2D eigenvalue weighted by molar-refractivity contribution is -0.0370. The van der Waals surface area contributed by atoms with Gasteiger partial charge in [-0.2, -0.15) is 0 Å². The molecule has 0 spiro atoms. The third-order valence-corrected chi connectivity index (χ3v) is 11.6. The van der Waals surface area contributed by atoms with Crippen LogP contribution in [0.3, 0.4) is 0 Å². The van der Waals surface area contributed by atoms with Crippen LogP contribution in [-0.2, 0) is 0 Å². The van der Waals surface area contributed by atoms with Crippen LogP contribution in [0, 0.1) is 29.1 Å². The average Bonchev–Trinajstić information content (AvgIpc) is 2.82. The average molecular weight is 507 g/mol. The van der Waals surface area contributed by atoms with Gasteiger partial charge in [-0.15, -0.1) is 0 Å². The summed E-state index contributed by atoms with van der Waals surface area (Å²) in [5.41, 5.74) is 16.7. The Kier molecular flexibility index (Phi) is 6.71. The molecule has 0 N–H and O–H groups in total. The molecule has 4 rings (SSSR count). The van der Waals surface area contributed by atoms with Gasteiger partial charge in [-0.05, 0) is 116 Å². The highest BCUT2D eigenvalue weighted by Crippen LogP contribution is 2.75. The Morgan fingerprint density at radius 2 is 1.58 bits per heavy atom. The molecule has 0 saturated heterocycles. The molecule has 0 nitrogen and oxygen atoms in total. The fourth-order valence-corrected chi connectivity index (χ4v) is 9.25. The van der Waals surface area contributed by atoms with E-state index in [4.69, 9.17) is 13.2 Å². The van der Waals surface area contributed by atoms with Crippen molar-refractivity contribution in [1.82, 2.24) is 0 Å². The summed E-state index contributed by atoms with van der Waals surface area (Å²) in [6, 6.07) is 4.65. The summed E-state index contributed by atoms with van der Waals surface area (Å²) in [7, 11) is 0. The highest BCUT2D eigenvalue weighted by molar-refractivity contribution is 5.89. The third kappa shape index (κ3) is 3.34. The first-order chi connectivity index (χ1) is 17.5. The van der Waals surface area contributed by atoms with Gasteiger partial charge in [-0.1, -0.05) is 108 Å². The molecule has 5 atom stereocenters. The molecule has 1 aromatic rings. The van der Waals surface area contributed by atoms with Crippen molar-refractivity contribution in [2.75, 3.05) is 0 Å². The normalized spacial score (nSPS) is 32.6. The van der Waals surface area contributed by atoms with E-state index in [2.05, 4.69) is 101 Å². The van der Waals surface area contributed by atoms with Crippen LogP contribution in [0.15, 0.2) is 84.0 Å². The SMILES string of the molecule is C=C(CC)C[C@@H]1[C@]2(C)C(=C(C)[C@@]3(C)C(=C)C(C(=C)C)=C(C)C[C@@]13C)C(=C)c1c(ccc(C(=C)C)c1C)[C@H]2C. The van der Waals surface area contributed by atoms with E-state index in [9.17, 15) is 0 Å². The molecule has 0 radical (unpaired) electrons. The minimum absolute atomic E-state index is 0.00765. The van der Waals surface area contributed by atoms with Crippen LogP contribution in [0.2, 0.25) is 0 Å². The smallest absolute Gasteiger partial charge is 0.0197 e. The molecule has 0 aliphatic heterocycles. The highest BCUT2D eigenvalue weighted by atomic mass is 14.7. The van der Waals surface area contributed by atoms with E-state index in [0.717, 1.165) is 30.4 Å². The van der Waals surface area contributed by atoms with E-state index < -0.39 is 0 Å². The second-order valence-electron chi connectivity index (χ2n) is 13.5. The molecule has 3 aliphatic carbocycles. The molecular weight excluding hydrogens is 456 g/mol. The van der Waals surface area contributed by atoms with E-state index in [1.807, 2.05) is 0 Å². The van der Waals surface area contributed by atoms with Crippen LogP contribution in [0.25, 0.3) is 11.1 Å². The number of benzene rings is 1. The molecule has 0 heteroatoms. The van der Waals surface area contributed by atoms with Crippen molar-refractivity contribution in [3.8, 4) is 0 Å². The summed E-state index contributed by atoms with van der Waals surface area (Å²) in [4.78, 5) is 0. The second kappa shape index (κ2) is 8.97. The molecule has 0 heterocycles. The molecule has 38 heavy (non-hydrogen) atoms. The number of hydrogen-bond acceptors (Lipinski definition) is 0. The fraction of sp³-hybridized carbons (Fsp3) is 0.474. The van der Waals surface area contributed by atoms with Crippen molar-refractivity contribution < 1.29 is 0 Å². The summed E-state index contributed by atoms with van der Waals surface area (Å²) in [5.74, 6) is 0.743. The quantitative estimate of drug-likeness (QED) is 0.348. The molecule has 202 valence electrons. The van der Waals surface area contributed by atoms with Crippen molar-refractivity contribution in [1.29, 1.82) is 0 Å². The first-order valence-corrected chi connectivity index (χ1v) is 14.4. The number of rotatable bonds is 5. The first kappa shape index (κ1) is 28.4. The topological polar surface area (TPSA) is 0 Å². The summed E-state index contributed by atoms with van der Waals surface area (Å²) >= 11 is 0. The van der Waals surface area contributed by atoms with Gasteiger partial charge in [0.1, 0.15) is 0 Å². The summed E-state index contributed by atoms with van der Waals surface area (Å²) in [6.45, 7) is 46.4. The second-order valence-corrected chi connectivity index (χ2v) is 13.5. The third-order valence-electron chi connectivity index (χ3n) is 11.6. The van der Waals surface area contributed by atoms with Crippen LogP contribution < -0.4 is 0 Å². The van der Waals surface area contributed by atoms with Crippen LogP contribution in [0.1, 0.15) is 110 Å². The summed E-state index contributed by atoms with van der Waals surface area (Å²) in [5, 5.41) is 0. The van der Waals surface area contributed by atoms with Gasteiger partial charge >= 0.3 is 0 Å². The Balaban J connectivity index is 2.16. The van der Waals surface area contributed by atoms with Gasteiger partial charge in [0, 0.05) is 10.8 Å². The van der Waals surface area contributed by atoms with Gasteiger partial charge in [-0.25, -0.2) is 0 Å². The van der Waals surface area contributed by atoms with Crippen molar-refractivity contribution >= 4 is 11.1 Å². The molecule has 0 unspecified atom stereocenters. The monoisotopic (exact) mass is 506 g/mol. The zero-order valence-corrected chi connectivity index (χ0v) is 26.0. The number of hydrogen-bond donors (Lipinski definition) is 0. The predicted molar refractivity (Wildman–Crippen MR) is 169 cm³/mol. The van der Waals surface area contributed by atoms with Crippen molar-refractivity contribution in [3.63, 3.8) is 0 Å². The van der Waals surface area contributed by atoms with E-state index in [1.165, 1.54) is 61.3 Å². The Morgan fingerprint density at radius 1 is 0.974 bits per heavy atom. The molecule has 1 aromatic carbocycles. The Morgan fingerprint density at radius 3 is 2.11 bits per heavy atom. The van der Waals surface area contributed by atoms with Crippen LogP contribution in [-0.4, -0.2) is 0 Å². The highest BCUT2D eigenvalue weighted by Gasteiger charge is 2.66. The van der Waals surface area contributed by atoms with E-state index in [1.54, 1.807) is 0 Å². The lowest BCUT2D eigenvalue weighted by Crippen LogP contribution is -2.59.